The van der Waals surface area contributed by atoms with Gasteiger partial charge >= 0.3 is 0 Å². The highest BCUT2D eigenvalue weighted by Gasteiger charge is 2.30. The Kier molecular flexibility index (Phi) is 11.6. The molecule has 0 spiro atoms. The number of methoxy groups -OCH3 is 1. The van der Waals surface area contributed by atoms with E-state index in [0.717, 1.165) is 49.7 Å². The molecule has 8 nitrogen and oxygen atoms in total. The largest absolute Gasteiger partial charge is 0.507 e. The van der Waals surface area contributed by atoms with E-state index in [1.54, 1.807) is 18.2 Å². The van der Waals surface area contributed by atoms with Crippen molar-refractivity contribution in [2.75, 3.05) is 17.7 Å². The molecule has 49 heavy (non-hydrogen) atoms. The van der Waals surface area contributed by atoms with Gasteiger partial charge in [-0.2, -0.15) is 0 Å². The summed E-state index contributed by atoms with van der Waals surface area (Å²) < 4.78 is 25.4. The lowest BCUT2D eigenvalue weighted by Gasteiger charge is -2.32. The van der Waals surface area contributed by atoms with Crippen LogP contribution in [0.25, 0.3) is 10.9 Å². The fourth-order valence-corrected chi connectivity index (χ4v) is 6.41. The molecule has 10 heteroatoms. The van der Waals surface area contributed by atoms with E-state index in [2.05, 4.69) is 47.1 Å². The first kappa shape index (κ1) is 35.4. The Labute approximate surface area is 291 Å². The highest BCUT2D eigenvalue weighted by Crippen LogP contribution is 2.47. The number of hydrogen-bond acceptors (Lipinski definition) is 7. The summed E-state index contributed by atoms with van der Waals surface area (Å²) in [4.78, 5) is 21.9. The van der Waals surface area contributed by atoms with Gasteiger partial charge in [0, 0.05) is 34.7 Å². The lowest BCUT2D eigenvalue weighted by atomic mass is 9.73. The smallest absolute Gasteiger partial charge is 0.251 e. The molecule has 1 aliphatic rings. The van der Waals surface area contributed by atoms with E-state index in [1.807, 2.05) is 19.1 Å². The molecular formula is C39H42ClFN4O4. The molecule has 4 aromatic rings. The summed E-state index contributed by atoms with van der Waals surface area (Å²) in [5, 5.41) is 17.9. The number of aromatic hydroxyl groups is 1. The predicted molar refractivity (Wildman–Crippen MR) is 195 cm³/mol. The first-order chi connectivity index (χ1) is 23.6. The zero-order valence-electron chi connectivity index (χ0n) is 28.3. The Morgan fingerprint density at radius 3 is 2.71 bits per heavy atom. The Morgan fingerprint density at radius 1 is 1.16 bits per heavy atom. The molecule has 3 aromatic carbocycles. The molecule has 2 atom stereocenters. The molecule has 1 aliphatic carbocycles. The van der Waals surface area contributed by atoms with Gasteiger partial charge < -0.3 is 25.2 Å². The number of benzene rings is 3. The molecule has 1 aromatic heterocycles. The molecule has 0 unspecified atom stereocenters. The van der Waals surface area contributed by atoms with Crippen LogP contribution in [-0.2, 0) is 11.2 Å². The van der Waals surface area contributed by atoms with Crippen LogP contribution in [0.1, 0.15) is 69.9 Å². The summed E-state index contributed by atoms with van der Waals surface area (Å²) in [5.41, 5.74) is 5.44. The highest BCUT2D eigenvalue weighted by atomic mass is 35.5. The van der Waals surface area contributed by atoms with E-state index in [4.69, 9.17) is 21.1 Å². The van der Waals surface area contributed by atoms with E-state index in [0.29, 0.717) is 45.2 Å². The molecule has 0 saturated heterocycles. The number of allylic oxidation sites excluding steroid dienone is 3. The van der Waals surface area contributed by atoms with Crippen molar-refractivity contribution < 1.29 is 23.8 Å². The van der Waals surface area contributed by atoms with Gasteiger partial charge in [-0.1, -0.05) is 55.2 Å². The van der Waals surface area contributed by atoms with Gasteiger partial charge in [0.15, 0.2) is 0 Å². The lowest BCUT2D eigenvalue weighted by Crippen LogP contribution is -2.18. The van der Waals surface area contributed by atoms with Crippen LogP contribution in [-0.4, -0.2) is 28.1 Å². The topological polar surface area (TPSA) is 106 Å². The molecule has 5 rings (SSSR count). The Morgan fingerprint density at radius 2 is 1.98 bits per heavy atom. The summed E-state index contributed by atoms with van der Waals surface area (Å²) in [7, 11) is 1.50. The number of hydrogen-bond donors (Lipinski definition) is 3. The maximum atomic E-state index is 13.7. The average molecular weight is 685 g/mol. The molecular weight excluding hydrogens is 643 g/mol. The third-order valence-electron chi connectivity index (χ3n) is 8.77. The zero-order chi connectivity index (χ0) is 35.1. The normalized spacial score (nSPS) is 16.0. The summed E-state index contributed by atoms with van der Waals surface area (Å²) in [5.74, 6) is 0.556. The van der Waals surface area contributed by atoms with Crippen LogP contribution in [0.5, 0.6) is 17.2 Å². The van der Waals surface area contributed by atoms with Gasteiger partial charge in [0.25, 0.3) is 5.91 Å². The van der Waals surface area contributed by atoms with E-state index >= 15 is 0 Å². The number of nitrogens with one attached hydrogen (secondary N) is 2. The number of phenolic OH excluding ortho intramolecular Hbond substituents is 1. The summed E-state index contributed by atoms with van der Waals surface area (Å²) in [6.45, 7) is 10.5. The van der Waals surface area contributed by atoms with Crippen molar-refractivity contribution in [3.63, 3.8) is 0 Å². The van der Waals surface area contributed by atoms with Gasteiger partial charge in [-0.15, -0.1) is 0 Å². The summed E-state index contributed by atoms with van der Waals surface area (Å²) >= 11 is 5.97. The standard InChI is InChI=1S/C39H42ClFN4O4/c1-6-7-8-9-25-17-34(46)38(28-16-24(4)10-12-27(28)23(2)3)36(18-25)49-15-14-37(47)45-33-20-29-32(21-35(33)48-5)42-22-43-39(29)44-26-11-13-31(41)30(40)19-26/h11,13-22,27-28,46H,2,6-10,12H2,1,3-5H3,(H,45,47)(H,42,43,44)/b15-14+/t27-,28+/m0/s1. The maximum absolute atomic E-state index is 13.7. The number of amides is 1. The van der Waals surface area contributed by atoms with Crippen LogP contribution < -0.4 is 20.1 Å². The van der Waals surface area contributed by atoms with Gasteiger partial charge in [0.1, 0.15) is 35.2 Å². The van der Waals surface area contributed by atoms with Crippen LogP contribution in [0, 0.1) is 11.7 Å². The van der Waals surface area contributed by atoms with Crippen LogP contribution in [0.4, 0.5) is 21.6 Å². The van der Waals surface area contributed by atoms with E-state index in [1.165, 1.54) is 43.5 Å². The number of fused-ring (bicyclic) bond motifs is 1. The van der Waals surface area contributed by atoms with E-state index in [-0.39, 0.29) is 22.6 Å². The van der Waals surface area contributed by atoms with Crippen molar-refractivity contribution in [3.8, 4) is 17.2 Å². The minimum atomic E-state index is -0.531. The Bertz CT molecular complexity index is 1930. The molecule has 0 radical (unpaired) electrons. The molecule has 1 heterocycles. The van der Waals surface area contributed by atoms with Gasteiger partial charge in [-0.3, -0.25) is 4.79 Å². The first-order valence-corrected chi connectivity index (χ1v) is 16.8. The molecule has 0 saturated carbocycles. The number of nitrogens with zero attached hydrogens (tertiary/aromatic N) is 2. The molecule has 0 fully saturated rings. The zero-order valence-corrected chi connectivity index (χ0v) is 29.0. The number of phenols is 1. The molecule has 256 valence electrons. The second-order valence-electron chi connectivity index (χ2n) is 12.5. The number of anilines is 3. The van der Waals surface area contributed by atoms with Crippen LogP contribution >= 0.6 is 11.6 Å². The number of carbonyl (C=O) groups is 1. The number of carbonyl (C=O) groups excluding carboxylic acids is 1. The van der Waals surface area contributed by atoms with Crippen molar-refractivity contribution in [1.82, 2.24) is 9.97 Å². The number of rotatable bonds is 13. The van der Waals surface area contributed by atoms with Crippen LogP contribution in [0.15, 0.2) is 84.9 Å². The number of aryl methyl sites for hydroxylation is 1. The minimum absolute atomic E-state index is 0.0292. The van der Waals surface area contributed by atoms with Crippen LogP contribution in [0.3, 0.4) is 0 Å². The molecule has 0 aliphatic heterocycles. The maximum Gasteiger partial charge on any atom is 0.251 e. The van der Waals surface area contributed by atoms with E-state index in [9.17, 15) is 14.3 Å². The average Bonchev–Trinajstić information content (AvgIpc) is 3.06. The monoisotopic (exact) mass is 684 g/mol. The van der Waals surface area contributed by atoms with Crippen molar-refractivity contribution in [2.24, 2.45) is 5.92 Å². The Balaban J connectivity index is 1.41. The SMILES string of the molecule is C=C(C)[C@@H]1CCC(C)=C[C@H]1c1c(O)cc(CCCCC)cc1O/C=C/C(=O)Nc1cc2c(Nc3ccc(F)c(Cl)c3)ncnc2cc1OC. The minimum Gasteiger partial charge on any atom is -0.507 e. The van der Waals surface area contributed by atoms with Gasteiger partial charge in [0.05, 0.1) is 29.6 Å². The highest BCUT2D eigenvalue weighted by molar-refractivity contribution is 6.31. The number of ether oxygens (including phenoxy) is 2. The van der Waals surface area contributed by atoms with Gasteiger partial charge in [0.2, 0.25) is 0 Å². The fourth-order valence-electron chi connectivity index (χ4n) is 6.23. The predicted octanol–water partition coefficient (Wildman–Crippen LogP) is 10.2. The Hall–Kier alpha value is -4.89. The fraction of sp³-hybridized carbons (Fsp3) is 0.308. The molecule has 0 bridgehead atoms. The van der Waals surface area contributed by atoms with Crippen molar-refractivity contribution >= 4 is 45.6 Å². The second kappa shape index (κ2) is 16.0. The summed E-state index contributed by atoms with van der Waals surface area (Å²) in [6, 6.07) is 11.4. The quantitative estimate of drug-likeness (QED) is 0.0557. The lowest BCUT2D eigenvalue weighted by molar-refractivity contribution is -0.112. The number of halogens is 2. The third kappa shape index (κ3) is 8.59. The van der Waals surface area contributed by atoms with Gasteiger partial charge in [-0.05, 0) is 87.4 Å². The number of aromatic nitrogens is 2. The number of unbranched alkanes of at least 4 members (excludes halogenated alkanes) is 2. The van der Waals surface area contributed by atoms with E-state index < -0.39 is 11.7 Å². The second-order valence-corrected chi connectivity index (χ2v) is 12.9. The third-order valence-corrected chi connectivity index (χ3v) is 9.06. The molecule has 3 N–H and O–H groups in total. The van der Waals surface area contributed by atoms with Gasteiger partial charge in [-0.25, -0.2) is 14.4 Å². The van der Waals surface area contributed by atoms with Crippen molar-refractivity contribution in [3.05, 3.63) is 107 Å². The molecule has 1 amide bonds. The van der Waals surface area contributed by atoms with Crippen LogP contribution in [0.2, 0.25) is 5.02 Å². The first-order valence-electron chi connectivity index (χ1n) is 16.4. The van der Waals surface area contributed by atoms with Crippen molar-refractivity contribution in [1.29, 1.82) is 0 Å². The van der Waals surface area contributed by atoms with Crippen molar-refractivity contribution in [2.45, 2.75) is 65.2 Å². The summed E-state index contributed by atoms with van der Waals surface area (Å²) in [6.07, 6.45) is 12.1.